The Morgan fingerprint density at radius 3 is 2.76 bits per heavy atom. The summed E-state index contributed by atoms with van der Waals surface area (Å²) < 4.78 is 5.25. The number of ether oxygens (including phenoxy) is 1. The molecule has 0 atom stereocenters. The predicted octanol–water partition coefficient (Wildman–Crippen LogP) is 1.32. The Morgan fingerprint density at radius 1 is 1.47 bits per heavy atom. The van der Waals surface area contributed by atoms with Crippen molar-refractivity contribution in [2.75, 3.05) is 20.2 Å². The predicted molar refractivity (Wildman–Crippen MR) is 68.0 cm³/mol. The van der Waals surface area contributed by atoms with E-state index in [-0.39, 0.29) is 5.54 Å². The summed E-state index contributed by atoms with van der Waals surface area (Å²) in [4.78, 5) is 6.84. The molecule has 0 radical (unpaired) electrons. The molecule has 2 heterocycles. The van der Waals surface area contributed by atoms with E-state index in [1.165, 1.54) is 0 Å². The van der Waals surface area contributed by atoms with E-state index in [1.807, 2.05) is 19.1 Å². The lowest BCUT2D eigenvalue weighted by Crippen LogP contribution is -2.66. The molecule has 0 spiro atoms. The van der Waals surface area contributed by atoms with Gasteiger partial charge in [0.05, 0.1) is 12.8 Å². The highest BCUT2D eigenvalue weighted by atomic mass is 16.5. The van der Waals surface area contributed by atoms with Crippen molar-refractivity contribution in [1.82, 2.24) is 9.88 Å². The van der Waals surface area contributed by atoms with Crippen LogP contribution in [-0.2, 0) is 6.54 Å². The van der Waals surface area contributed by atoms with Crippen LogP contribution < -0.4 is 10.5 Å². The fourth-order valence-corrected chi connectivity index (χ4v) is 2.31. The lowest BCUT2D eigenvalue weighted by molar-refractivity contribution is 0.0594. The molecule has 0 aromatic carbocycles. The zero-order valence-electron chi connectivity index (χ0n) is 10.9. The first-order valence-corrected chi connectivity index (χ1v) is 6.07. The maximum Gasteiger partial charge on any atom is 0.122 e. The van der Waals surface area contributed by atoms with Crippen LogP contribution in [0.3, 0.4) is 0 Å². The van der Waals surface area contributed by atoms with Gasteiger partial charge in [-0.3, -0.25) is 9.88 Å². The highest BCUT2D eigenvalue weighted by molar-refractivity contribution is 5.26. The summed E-state index contributed by atoms with van der Waals surface area (Å²) in [6, 6.07) is 3.94. The van der Waals surface area contributed by atoms with Gasteiger partial charge in [-0.15, -0.1) is 0 Å². The van der Waals surface area contributed by atoms with E-state index in [1.54, 1.807) is 7.11 Å². The lowest BCUT2D eigenvalue weighted by atomic mass is 9.88. The Hall–Kier alpha value is -1.13. The third kappa shape index (κ3) is 2.76. The van der Waals surface area contributed by atoms with Gasteiger partial charge < -0.3 is 10.5 Å². The summed E-state index contributed by atoms with van der Waals surface area (Å²) in [7, 11) is 1.68. The van der Waals surface area contributed by atoms with Crippen molar-refractivity contribution in [1.29, 1.82) is 0 Å². The summed E-state index contributed by atoms with van der Waals surface area (Å²) in [6.45, 7) is 6.91. The first-order valence-electron chi connectivity index (χ1n) is 6.07. The Labute approximate surface area is 103 Å². The molecule has 0 unspecified atom stereocenters. The quantitative estimate of drug-likeness (QED) is 0.855. The van der Waals surface area contributed by atoms with E-state index in [0.717, 1.165) is 43.2 Å². The van der Waals surface area contributed by atoms with Gasteiger partial charge in [0.15, 0.2) is 0 Å². The van der Waals surface area contributed by atoms with Crippen molar-refractivity contribution in [2.45, 2.75) is 32.4 Å². The maximum atomic E-state index is 6.15. The number of nitrogens with two attached hydrogens (primary N) is 1. The van der Waals surface area contributed by atoms with Crippen molar-refractivity contribution in [2.24, 2.45) is 5.73 Å². The number of aromatic nitrogens is 1. The zero-order chi connectivity index (χ0) is 12.5. The SMILES string of the molecule is CCC1(N)CN(Cc2cc(OC)cc(C)n2)C1. The van der Waals surface area contributed by atoms with E-state index in [2.05, 4.69) is 16.8 Å². The van der Waals surface area contributed by atoms with Gasteiger partial charge in [0.25, 0.3) is 0 Å². The van der Waals surface area contributed by atoms with Gasteiger partial charge in [0.1, 0.15) is 5.75 Å². The molecule has 94 valence electrons. The number of aryl methyl sites for hydroxylation is 1. The van der Waals surface area contributed by atoms with Gasteiger partial charge in [-0.25, -0.2) is 0 Å². The summed E-state index contributed by atoms with van der Waals surface area (Å²) in [5.41, 5.74) is 8.22. The lowest BCUT2D eigenvalue weighted by Gasteiger charge is -2.47. The molecule has 0 aliphatic carbocycles. The molecule has 4 nitrogen and oxygen atoms in total. The Morgan fingerprint density at radius 2 is 2.18 bits per heavy atom. The topological polar surface area (TPSA) is 51.4 Å². The summed E-state index contributed by atoms with van der Waals surface area (Å²) in [6.07, 6.45) is 1.04. The highest BCUT2D eigenvalue weighted by Crippen LogP contribution is 2.24. The molecule has 0 amide bonds. The van der Waals surface area contributed by atoms with Gasteiger partial charge in [-0.05, 0) is 13.3 Å². The molecule has 2 N–H and O–H groups in total. The third-order valence-corrected chi connectivity index (χ3v) is 3.38. The number of likely N-dealkylation sites (tertiary alicyclic amines) is 1. The maximum absolute atomic E-state index is 6.15. The fraction of sp³-hybridized carbons (Fsp3) is 0.615. The molecule has 2 rings (SSSR count). The molecule has 1 fully saturated rings. The Balaban J connectivity index is 1.98. The first-order chi connectivity index (χ1) is 8.04. The van der Waals surface area contributed by atoms with Crippen LogP contribution in [0, 0.1) is 6.92 Å². The van der Waals surface area contributed by atoms with Gasteiger partial charge in [-0.1, -0.05) is 6.92 Å². The van der Waals surface area contributed by atoms with E-state index in [9.17, 15) is 0 Å². The van der Waals surface area contributed by atoms with Crippen LogP contribution >= 0.6 is 0 Å². The van der Waals surface area contributed by atoms with Crippen LogP contribution in [0.5, 0.6) is 5.75 Å². The van der Waals surface area contributed by atoms with Crippen LogP contribution in [0.25, 0.3) is 0 Å². The highest BCUT2D eigenvalue weighted by Gasteiger charge is 2.37. The second-order valence-electron chi connectivity index (χ2n) is 5.00. The van der Waals surface area contributed by atoms with Gasteiger partial charge in [0.2, 0.25) is 0 Å². The Bertz CT molecular complexity index is 400. The van der Waals surface area contributed by atoms with Crippen molar-refractivity contribution in [3.63, 3.8) is 0 Å². The molecular formula is C13H21N3O. The molecule has 1 aromatic heterocycles. The van der Waals surface area contributed by atoms with E-state index >= 15 is 0 Å². The van der Waals surface area contributed by atoms with Crippen LogP contribution in [0.4, 0.5) is 0 Å². The standard InChI is InChI=1S/C13H21N3O/c1-4-13(14)8-16(9-13)7-11-6-12(17-3)5-10(2)15-11/h5-6H,4,7-9,14H2,1-3H3. The molecule has 0 saturated carbocycles. The minimum atomic E-state index is 0.0217. The average Bonchev–Trinajstić information content (AvgIpc) is 2.26. The first kappa shape index (κ1) is 12.3. The van der Waals surface area contributed by atoms with Gasteiger partial charge in [0, 0.05) is 43.0 Å². The zero-order valence-corrected chi connectivity index (χ0v) is 10.9. The normalized spacial score (nSPS) is 18.8. The second kappa shape index (κ2) is 4.63. The summed E-state index contributed by atoms with van der Waals surface area (Å²) in [5, 5.41) is 0. The number of pyridine rings is 1. The molecule has 1 saturated heterocycles. The minimum absolute atomic E-state index is 0.0217. The minimum Gasteiger partial charge on any atom is -0.497 e. The fourth-order valence-electron chi connectivity index (χ4n) is 2.31. The third-order valence-electron chi connectivity index (χ3n) is 3.38. The average molecular weight is 235 g/mol. The number of rotatable bonds is 4. The van der Waals surface area contributed by atoms with Crippen LogP contribution in [-0.4, -0.2) is 35.6 Å². The smallest absolute Gasteiger partial charge is 0.122 e. The van der Waals surface area contributed by atoms with Crippen molar-refractivity contribution >= 4 is 0 Å². The Kier molecular flexibility index (Phi) is 3.35. The molecule has 1 aliphatic heterocycles. The second-order valence-corrected chi connectivity index (χ2v) is 5.00. The molecule has 1 aliphatic rings. The van der Waals surface area contributed by atoms with Crippen LogP contribution in [0.15, 0.2) is 12.1 Å². The molecule has 17 heavy (non-hydrogen) atoms. The molecule has 1 aromatic rings. The monoisotopic (exact) mass is 235 g/mol. The van der Waals surface area contributed by atoms with Crippen LogP contribution in [0.1, 0.15) is 24.7 Å². The molecule has 4 heteroatoms. The molecule has 0 bridgehead atoms. The van der Waals surface area contributed by atoms with Crippen molar-refractivity contribution < 1.29 is 4.74 Å². The van der Waals surface area contributed by atoms with Crippen LogP contribution in [0.2, 0.25) is 0 Å². The summed E-state index contributed by atoms with van der Waals surface area (Å²) in [5.74, 6) is 0.877. The van der Waals surface area contributed by atoms with E-state index in [0.29, 0.717) is 0 Å². The van der Waals surface area contributed by atoms with Crippen molar-refractivity contribution in [3.05, 3.63) is 23.5 Å². The van der Waals surface area contributed by atoms with Gasteiger partial charge >= 0.3 is 0 Å². The molecular weight excluding hydrogens is 214 g/mol. The number of nitrogens with zero attached hydrogens (tertiary/aromatic N) is 2. The summed E-state index contributed by atoms with van der Waals surface area (Å²) >= 11 is 0. The largest absolute Gasteiger partial charge is 0.497 e. The number of hydrogen-bond donors (Lipinski definition) is 1. The number of hydrogen-bond acceptors (Lipinski definition) is 4. The van der Waals surface area contributed by atoms with Crippen molar-refractivity contribution in [3.8, 4) is 5.75 Å². The number of methoxy groups -OCH3 is 1. The van der Waals surface area contributed by atoms with E-state index in [4.69, 9.17) is 10.5 Å². The van der Waals surface area contributed by atoms with E-state index < -0.39 is 0 Å². The van der Waals surface area contributed by atoms with Gasteiger partial charge in [-0.2, -0.15) is 0 Å².